The van der Waals surface area contributed by atoms with Crippen molar-refractivity contribution in [2.24, 2.45) is 5.41 Å². The van der Waals surface area contributed by atoms with Crippen molar-refractivity contribution in [1.82, 2.24) is 9.80 Å². The lowest BCUT2D eigenvalue weighted by Crippen LogP contribution is -2.37. The molecule has 18 heavy (non-hydrogen) atoms. The van der Waals surface area contributed by atoms with Crippen LogP contribution in [0.3, 0.4) is 0 Å². The van der Waals surface area contributed by atoms with Gasteiger partial charge >= 0.3 is 0 Å². The summed E-state index contributed by atoms with van der Waals surface area (Å²) >= 11 is 0. The smallest absolute Gasteiger partial charge is 0.0303 e. The zero-order chi connectivity index (χ0) is 13.2. The molecule has 1 aliphatic carbocycles. The van der Waals surface area contributed by atoms with Crippen molar-refractivity contribution in [3.05, 3.63) is 11.3 Å². The van der Waals surface area contributed by atoms with Gasteiger partial charge in [-0.25, -0.2) is 0 Å². The molecule has 1 heterocycles. The Labute approximate surface area is 113 Å². The van der Waals surface area contributed by atoms with Crippen molar-refractivity contribution in [2.45, 2.75) is 53.4 Å². The highest BCUT2D eigenvalue weighted by atomic mass is 15.2. The first-order chi connectivity index (χ1) is 8.54. The molecule has 1 fully saturated rings. The number of nitrogens with zero attached hydrogens (tertiary/aromatic N) is 2. The summed E-state index contributed by atoms with van der Waals surface area (Å²) in [6.07, 6.45) is 5.36. The van der Waals surface area contributed by atoms with E-state index in [0.717, 1.165) is 0 Å². The molecule has 2 nitrogen and oxygen atoms in total. The van der Waals surface area contributed by atoms with Gasteiger partial charge in [0.25, 0.3) is 0 Å². The molecule has 0 bridgehead atoms. The van der Waals surface area contributed by atoms with Crippen molar-refractivity contribution in [3.8, 4) is 0 Å². The van der Waals surface area contributed by atoms with Crippen LogP contribution in [0.1, 0.15) is 53.4 Å². The Morgan fingerprint density at radius 2 is 1.83 bits per heavy atom. The summed E-state index contributed by atoms with van der Waals surface area (Å²) in [5, 5.41) is 0. The lowest BCUT2D eigenvalue weighted by molar-refractivity contribution is 0.222. The van der Waals surface area contributed by atoms with E-state index >= 15 is 0 Å². The normalized spacial score (nSPS) is 26.3. The highest BCUT2D eigenvalue weighted by Gasteiger charge is 2.32. The second kappa shape index (κ2) is 5.64. The summed E-state index contributed by atoms with van der Waals surface area (Å²) in [5.41, 5.74) is 3.71. The largest absolute Gasteiger partial charge is 0.373 e. The van der Waals surface area contributed by atoms with Crippen LogP contribution >= 0.6 is 0 Å². The van der Waals surface area contributed by atoms with Crippen molar-refractivity contribution < 1.29 is 0 Å². The van der Waals surface area contributed by atoms with E-state index in [-0.39, 0.29) is 0 Å². The highest BCUT2D eigenvalue weighted by molar-refractivity contribution is 5.21. The molecule has 0 aromatic heterocycles. The lowest BCUT2D eigenvalue weighted by atomic mass is 9.76. The highest BCUT2D eigenvalue weighted by Crippen LogP contribution is 2.41. The zero-order valence-corrected chi connectivity index (χ0v) is 12.8. The molecule has 1 aliphatic heterocycles. The molecular weight excluding hydrogens is 220 g/mol. The third-order valence-electron chi connectivity index (χ3n) is 4.75. The van der Waals surface area contributed by atoms with E-state index in [4.69, 9.17) is 0 Å². The van der Waals surface area contributed by atoms with Gasteiger partial charge in [0.1, 0.15) is 0 Å². The van der Waals surface area contributed by atoms with Crippen molar-refractivity contribution >= 4 is 0 Å². The van der Waals surface area contributed by atoms with Gasteiger partial charge in [0.05, 0.1) is 0 Å². The molecule has 0 spiro atoms. The predicted molar refractivity (Wildman–Crippen MR) is 78.6 cm³/mol. The van der Waals surface area contributed by atoms with Crippen LogP contribution in [0.2, 0.25) is 0 Å². The van der Waals surface area contributed by atoms with Gasteiger partial charge in [-0.2, -0.15) is 0 Å². The minimum absolute atomic E-state index is 0.393. The minimum Gasteiger partial charge on any atom is -0.373 e. The van der Waals surface area contributed by atoms with Gasteiger partial charge in [0, 0.05) is 30.7 Å². The molecule has 2 aliphatic rings. The van der Waals surface area contributed by atoms with Crippen molar-refractivity contribution in [1.29, 1.82) is 0 Å². The molecule has 104 valence electrons. The number of hydrogen-bond acceptors (Lipinski definition) is 2. The van der Waals surface area contributed by atoms with Crippen LogP contribution in [0, 0.1) is 5.41 Å². The summed E-state index contributed by atoms with van der Waals surface area (Å²) < 4.78 is 0. The zero-order valence-electron chi connectivity index (χ0n) is 12.8. The topological polar surface area (TPSA) is 6.48 Å². The fourth-order valence-corrected chi connectivity index (χ4v) is 3.82. The Bertz CT molecular complexity index is 317. The van der Waals surface area contributed by atoms with E-state index in [9.17, 15) is 0 Å². The van der Waals surface area contributed by atoms with Gasteiger partial charge in [-0.1, -0.05) is 26.3 Å². The first-order valence-electron chi connectivity index (χ1n) is 7.72. The Kier molecular flexibility index (Phi) is 4.37. The van der Waals surface area contributed by atoms with Crippen LogP contribution in [0.5, 0.6) is 0 Å². The molecule has 2 heteroatoms. The lowest BCUT2D eigenvalue weighted by Gasteiger charge is -2.41. The SMILES string of the molecule is CCN1CCCN(C2=C(C)CCCC2(C)C)CC1. The molecule has 1 saturated heterocycles. The van der Waals surface area contributed by atoms with Gasteiger partial charge in [-0.15, -0.1) is 0 Å². The van der Waals surface area contributed by atoms with E-state index in [2.05, 4.69) is 37.5 Å². The molecule has 0 amide bonds. The molecule has 0 radical (unpaired) electrons. The molecule has 0 aromatic rings. The molecule has 0 unspecified atom stereocenters. The van der Waals surface area contributed by atoms with Crippen LogP contribution in [0.15, 0.2) is 11.3 Å². The summed E-state index contributed by atoms with van der Waals surface area (Å²) in [5.74, 6) is 0. The Morgan fingerprint density at radius 3 is 2.50 bits per heavy atom. The maximum absolute atomic E-state index is 2.70. The van der Waals surface area contributed by atoms with Crippen LogP contribution in [0.4, 0.5) is 0 Å². The van der Waals surface area contributed by atoms with Crippen LogP contribution in [-0.4, -0.2) is 42.5 Å². The average Bonchev–Trinajstić information content (AvgIpc) is 2.53. The van der Waals surface area contributed by atoms with Gasteiger partial charge < -0.3 is 9.80 Å². The fourth-order valence-electron chi connectivity index (χ4n) is 3.82. The molecule has 0 saturated carbocycles. The van der Waals surface area contributed by atoms with E-state index in [1.165, 1.54) is 58.4 Å². The standard InChI is InChI=1S/C16H30N2/c1-5-17-10-7-11-18(13-12-17)15-14(2)8-6-9-16(15,3)4/h5-13H2,1-4H3. The van der Waals surface area contributed by atoms with Crippen LogP contribution in [-0.2, 0) is 0 Å². The quantitative estimate of drug-likeness (QED) is 0.740. The maximum atomic E-state index is 2.70. The first-order valence-corrected chi connectivity index (χ1v) is 7.72. The van der Waals surface area contributed by atoms with Crippen molar-refractivity contribution in [3.63, 3.8) is 0 Å². The van der Waals surface area contributed by atoms with Gasteiger partial charge in [0.15, 0.2) is 0 Å². The number of hydrogen-bond donors (Lipinski definition) is 0. The molecule has 0 atom stereocenters. The molecule has 0 N–H and O–H groups in total. The maximum Gasteiger partial charge on any atom is 0.0303 e. The van der Waals surface area contributed by atoms with Gasteiger partial charge in [-0.3, -0.25) is 0 Å². The van der Waals surface area contributed by atoms with Crippen LogP contribution < -0.4 is 0 Å². The number of rotatable bonds is 2. The third kappa shape index (κ3) is 2.90. The Morgan fingerprint density at radius 1 is 1.06 bits per heavy atom. The second-order valence-electron chi connectivity index (χ2n) is 6.64. The second-order valence-corrected chi connectivity index (χ2v) is 6.64. The monoisotopic (exact) mass is 250 g/mol. The van der Waals surface area contributed by atoms with Gasteiger partial charge in [0.2, 0.25) is 0 Å². The summed E-state index contributed by atoms with van der Waals surface area (Å²) in [7, 11) is 0. The first kappa shape index (κ1) is 13.9. The van der Waals surface area contributed by atoms with E-state index in [0.29, 0.717) is 5.41 Å². The van der Waals surface area contributed by atoms with Crippen LogP contribution in [0.25, 0.3) is 0 Å². The summed E-state index contributed by atoms with van der Waals surface area (Å²) in [6.45, 7) is 15.7. The van der Waals surface area contributed by atoms with E-state index in [1.807, 2.05) is 0 Å². The fraction of sp³-hybridized carbons (Fsp3) is 0.875. The molecule has 2 rings (SSSR count). The van der Waals surface area contributed by atoms with E-state index < -0.39 is 0 Å². The predicted octanol–water partition coefficient (Wildman–Crippen LogP) is 3.50. The third-order valence-corrected chi connectivity index (χ3v) is 4.75. The number of allylic oxidation sites excluding steroid dienone is 2. The van der Waals surface area contributed by atoms with E-state index in [1.54, 1.807) is 11.3 Å². The van der Waals surface area contributed by atoms with Gasteiger partial charge in [-0.05, 0) is 45.7 Å². The molecule has 0 aromatic carbocycles. The molecular formula is C16H30N2. The summed E-state index contributed by atoms with van der Waals surface area (Å²) in [4.78, 5) is 5.29. The number of likely N-dealkylation sites (N-methyl/N-ethyl adjacent to an activating group) is 1. The summed E-state index contributed by atoms with van der Waals surface area (Å²) in [6, 6.07) is 0. The average molecular weight is 250 g/mol. The van der Waals surface area contributed by atoms with Crippen molar-refractivity contribution in [2.75, 3.05) is 32.7 Å². The minimum atomic E-state index is 0.393. The Balaban J connectivity index is 2.14. The Hall–Kier alpha value is -0.500.